The highest BCUT2D eigenvalue weighted by Gasteiger charge is 2.43. The van der Waals surface area contributed by atoms with Crippen molar-refractivity contribution in [3.63, 3.8) is 0 Å². The third-order valence-corrected chi connectivity index (χ3v) is 5.35. The highest BCUT2D eigenvalue weighted by molar-refractivity contribution is 6.00. The molecule has 2 aromatic carbocycles. The summed E-state index contributed by atoms with van der Waals surface area (Å²) in [4.78, 5) is 0. The Labute approximate surface area is 185 Å². The van der Waals surface area contributed by atoms with E-state index in [-0.39, 0.29) is 18.4 Å². The number of nitrogens with one attached hydrogen (secondary N) is 2. The maximum absolute atomic E-state index is 10.4. The van der Waals surface area contributed by atoms with E-state index in [1.165, 1.54) is 6.92 Å². The predicted molar refractivity (Wildman–Crippen MR) is 117 cm³/mol. The molecule has 1 aliphatic heterocycles. The first-order chi connectivity index (χ1) is 15.3. The van der Waals surface area contributed by atoms with Crippen LogP contribution in [0.25, 0.3) is 11.1 Å². The molecule has 0 aromatic heterocycles. The number of hydrogen-bond donors (Lipinski definition) is 6. The van der Waals surface area contributed by atoms with Crippen molar-refractivity contribution in [3.05, 3.63) is 59.2 Å². The summed E-state index contributed by atoms with van der Waals surface area (Å²) in [6.45, 7) is 1.19. The maximum atomic E-state index is 10.4. The molecule has 3 unspecified atom stereocenters. The quantitative estimate of drug-likeness (QED) is 0.290. The Bertz CT molecular complexity index is 979. The van der Waals surface area contributed by atoms with E-state index in [0.29, 0.717) is 16.7 Å². The summed E-state index contributed by atoms with van der Waals surface area (Å²) in [5.41, 5.74) is 3.39. The fraction of sp³-hybridized carbons (Fsp3) is 0.391. The van der Waals surface area contributed by atoms with Gasteiger partial charge < -0.3 is 34.6 Å². The van der Waals surface area contributed by atoms with E-state index in [1.807, 2.05) is 12.1 Å². The average Bonchev–Trinajstić information content (AvgIpc) is 2.77. The maximum Gasteiger partial charge on any atom is 0.221 e. The summed E-state index contributed by atoms with van der Waals surface area (Å²) in [5, 5.41) is 55.5. The minimum absolute atomic E-state index is 0.0883. The molecule has 0 bridgehead atoms. The first-order valence-electron chi connectivity index (χ1n) is 10.1. The van der Waals surface area contributed by atoms with Gasteiger partial charge in [-0.05, 0) is 40.5 Å². The van der Waals surface area contributed by atoms with Crippen LogP contribution in [0, 0.1) is 10.8 Å². The molecule has 32 heavy (non-hydrogen) atoms. The van der Waals surface area contributed by atoms with Crippen LogP contribution in [0.4, 0.5) is 0 Å². The minimum atomic E-state index is -1.45. The van der Waals surface area contributed by atoms with Gasteiger partial charge in [0.25, 0.3) is 0 Å². The molecule has 0 amide bonds. The second-order valence-electron chi connectivity index (χ2n) is 7.67. The first-order valence-corrected chi connectivity index (χ1v) is 10.1. The Hall–Kier alpha value is -2.66. The Morgan fingerprint density at radius 1 is 1.00 bits per heavy atom. The molecule has 0 radical (unpaired) electrons. The molecule has 0 aliphatic carbocycles. The fourth-order valence-electron chi connectivity index (χ4n) is 3.75. The van der Waals surface area contributed by atoms with Crippen molar-refractivity contribution in [3.8, 4) is 11.1 Å². The zero-order chi connectivity index (χ0) is 23.4. The van der Waals surface area contributed by atoms with Crippen molar-refractivity contribution in [1.29, 1.82) is 10.8 Å². The molecule has 0 spiro atoms. The summed E-state index contributed by atoms with van der Waals surface area (Å²) < 4.78 is 16.0. The molecular formula is C23H28N2O7. The molecule has 3 rings (SSSR count). The van der Waals surface area contributed by atoms with Crippen LogP contribution in [0.2, 0.25) is 0 Å². The standard InChI is InChI=1S/C23H28N2O7/c1-12(24)31-23(25)17-7-6-14(9-16(17)11-30-2)13-4-3-5-15(8-13)22-21(29)20(28)19(27)18(10-26)32-22/h3-9,18-22,24-29H,10-11H2,1-2H3/t18?,19-,20?,21?,22-/m1/s1. The first kappa shape index (κ1) is 24.0. The van der Waals surface area contributed by atoms with Crippen LogP contribution in [0.5, 0.6) is 0 Å². The van der Waals surface area contributed by atoms with Crippen LogP contribution in [0.15, 0.2) is 42.5 Å². The van der Waals surface area contributed by atoms with Crippen molar-refractivity contribution >= 4 is 11.8 Å². The topological polar surface area (TPSA) is 156 Å². The molecule has 9 heteroatoms. The van der Waals surface area contributed by atoms with Gasteiger partial charge in [0, 0.05) is 19.6 Å². The molecule has 1 aliphatic rings. The number of hydrogen-bond acceptors (Lipinski definition) is 9. The van der Waals surface area contributed by atoms with Crippen molar-refractivity contribution in [2.75, 3.05) is 13.7 Å². The monoisotopic (exact) mass is 444 g/mol. The summed E-state index contributed by atoms with van der Waals surface area (Å²) in [5.74, 6) is -0.235. The van der Waals surface area contributed by atoms with Gasteiger partial charge in [0.1, 0.15) is 30.5 Å². The van der Waals surface area contributed by atoms with Gasteiger partial charge in [-0.1, -0.05) is 24.3 Å². The van der Waals surface area contributed by atoms with Gasteiger partial charge in [0.05, 0.1) is 13.2 Å². The summed E-state index contributed by atoms with van der Waals surface area (Å²) in [7, 11) is 1.54. The summed E-state index contributed by atoms with van der Waals surface area (Å²) in [6.07, 6.45) is -6.15. The highest BCUT2D eigenvalue weighted by atomic mass is 16.5. The van der Waals surface area contributed by atoms with Gasteiger partial charge in [-0.2, -0.15) is 0 Å². The number of methoxy groups -OCH3 is 1. The lowest BCUT2D eigenvalue weighted by molar-refractivity contribution is -0.231. The number of aliphatic hydroxyl groups excluding tert-OH is 4. The average molecular weight is 444 g/mol. The van der Waals surface area contributed by atoms with Crippen LogP contribution in [0.3, 0.4) is 0 Å². The molecule has 1 fully saturated rings. The van der Waals surface area contributed by atoms with Gasteiger partial charge in [-0.15, -0.1) is 0 Å². The summed E-state index contributed by atoms with van der Waals surface area (Å²) >= 11 is 0. The smallest absolute Gasteiger partial charge is 0.221 e. The van der Waals surface area contributed by atoms with Crippen molar-refractivity contribution in [1.82, 2.24) is 0 Å². The van der Waals surface area contributed by atoms with Gasteiger partial charge in [0.15, 0.2) is 5.90 Å². The third kappa shape index (κ3) is 5.04. The lowest BCUT2D eigenvalue weighted by atomic mass is 9.89. The Balaban J connectivity index is 1.94. The number of benzene rings is 2. The number of ether oxygens (including phenoxy) is 3. The summed E-state index contributed by atoms with van der Waals surface area (Å²) in [6, 6.07) is 12.5. The zero-order valence-corrected chi connectivity index (χ0v) is 17.9. The fourth-order valence-corrected chi connectivity index (χ4v) is 3.75. The van der Waals surface area contributed by atoms with Crippen molar-refractivity contribution < 1.29 is 34.6 Å². The molecule has 1 saturated heterocycles. The predicted octanol–water partition coefficient (Wildman–Crippen LogP) is 1.35. The van der Waals surface area contributed by atoms with Crippen LogP contribution >= 0.6 is 0 Å². The number of aliphatic hydroxyl groups is 4. The molecule has 5 atom stereocenters. The van der Waals surface area contributed by atoms with E-state index in [0.717, 1.165) is 11.1 Å². The Morgan fingerprint density at radius 3 is 2.38 bits per heavy atom. The van der Waals surface area contributed by atoms with E-state index < -0.39 is 37.1 Å². The molecule has 9 nitrogen and oxygen atoms in total. The van der Waals surface area contributed by atoms with Gasteiger partial charge in [0.2, 0.25) is 5.90 Å². The number of rotatable bonds is 6. The van der Waals surface area contributed by atoms with Gasteiger partial charge in [-0.25, -0.2) is 0 Å². The van der Waals surface area contributed by atoms with Crippen molar-refractivity contribution in [2.24, 2.45) is 0 Å². The minimum Gasteiger partial charge on any atom is -0.426 e. The SMILES string of the molecule is COCc1cc(-c2cccc([C@H]3OC(CO)[C@@H](O)C(O)C3O)c2)ccc1C(=N)OC(C)=N. The van der Waals surface area contributed by atoms with E-state index in [2.05, 4.69) is 0 Å². The molecular weight excluding hydrogens is 416 g/mol. The van der Waals surface area contributed by atoms with Crippen LogP contribution < -0.4 is 0 Å². The third-order valence-electron chi connectivity index (χ3n) is 5.35. The Morgan fingerprint density at radius 2 is 1.72 bits per heavy atom. The van der Waals surface area contributed by atoms with Gasteiger partial charge in [-0.3, -0.25) is 10.8 Å². The van der Waals surface area contributed by atoms with Crippen LogP contribution in [-0.4, -0.2) is 70.4 Å². The molecule has 0 saturated carbocycles. The lowest BCUT2D eigenvalue weighted by Gasteiger charge is -2.40. The zero-order valence-electron chi connectivity index (χ0n) is 17.9. The lowest BCUT2D eigenvalue weighted by Crippen LogP contribution is -2.55. The van der Waals surface area contributed by atoms with Crippen LogP contribution in [0.1, 0.15) is 29.7 Å². The van der Waals surface area contributed by atoms with Crippen molar-refractivity contribution in [2.45, 2.75) is 44.1 Å². The molecule has 1 heterocycles. The van der Waals surface area contributed by atoms with Gasteiger partial charge >= 0.3 is 0 Å². The van der Waals surface area contributed by atoms with E-state index >= 15 is 0 Å². The molecule has 2 aromatic rings. The highest BCUT2D eigenvalue weighted by Crippen LogP contribution is 2.34. The second kappa shape index (κ2) is 10.3. The molecule has 6 N–H and O–H groups in total. The Kier molecular flexibility index (Phi) is 7.73. The van der Waals surface area contributed by atoms with E-state index in [4.69, 9.17) is 25.0 Å². The largest absolute Gasteiger partial charge is 0.426 e. The van der Waals surface area contributed by atoms with E-state index in [9.17, 15) is 20.4 Å². The van der Waals surface area contributed by atoms with E-state index in [1.54, 1.807) is 37.4 Å². The molecule has 172 valence electrons. The second-order valence-corrected chi connectivity index (χ2v) is 7.67. The normalized spacial score (nSPS) is 25.4. The van der Waals surface area contributed by atoms with Crippen LogP contribution in [-0.2, 0) is 20.8 Å².